The van der Waals surface area contributed by atoms with Crippen LogP contribution in [0.5, 0.6) is 0 Å². The van der Waals surface area contributed by atoms with Crippen molar-refractivity contribution in [3.05, 3.63) is 60.2 Å². The average molecular weight is 446 g/mol. The molecule has 0 aliphatic rings. The van der Waals surface area contributed by atoms with Gasteiger partial charge in [0.2, 0.25) is 5.91 Å². The van der Waals surface area contributed by atoms with Crippen molar-refractivity contribution in [1.29, 1.82) is 0 Å². The SMILES string of the molecule is CN(C)c1ccc(NC(C(=O)O)[C@H](NC(=O)C(CS)Cc2ccccc2)C(=O)O)cc1. The summed E-state index contributed by atoms with van der Waals surface area (Å²) in [5.41, 5.74) is 2.23. The molecule has 2 aromatic rings. The van der Waals surface area contributed by atoms with Gasteiger partial charge in [-0.2, -0.15) is 12.6 Å². The van der Waals surface area contributed by atoms with Crippen LogP contribution in [0.25, 0.3) is 0 Å². The normalized spacial score (nSPS) is 13.5. The fourth-order valence-corrected chi connectivity index (χ4v) is 3.32. The fourth-order valence-electron chi connectivity index (χ4n) is 3.02. The fraction of sp³-hybridized carbons (Fsp3) is 0.318. The molecule has 2 rings (SSSR count). The molecule has 0 aliphatic carbocycles. The molecule has 3 atom stereocenters. The standard InChI is InChI=1S/C22H27N3O5S/c1-25(2)17-10-8-16(9-11-17)23-18(21(27)28)19(22(29)30)24-20(26)15(13-31)12-14-6-4-3-5-7-14/h3-11,15,18-19,23,31H,12-13H2,1-2H3,(H,24,26)(H,27,28)(H,29,30)/t15?,18?,19-/m0/s1. The van der Waals surface area contributed by atoms with E-state index in [-0.39, 0.29) is 5.75 Å². The third kappa shape index (κ3) is 6.92. The Morgan fingerprint density at radius 3 is 2.00 bits per heavy atom. The van der Waals surface area contributed by atoms with E-state index in [1.54, 1.807) is 24.3 Å². The van der Waals surface area contributed by atoms with Crippen LogP contribution in [0.1, 0.15) is 5.56 Å². The molecule has 1 amide bonds. The molecule has 2 unspecified atom stereocenters. The van der Waals surface area contributed by atoms with E-state index in [9.17, 15) is 24.6 Å². The van der Waals surface area contributed by atoms with Crippen LogP contribution in [0.3, 0.4) is 0 Å². The molecule has 8 nitrogen and oxygen atoms in total. The van der Waals surface area contributed by atoms with Crippen LogP contribution in [0, 0.1) is 5.92 Å². The molecule has 166 valence electrons. The van der Waals surface area contributed by atoms with Gasteiger partial charge in [-0.1, -0.05) is 30.3 Å². The molecule has 0 aromatic heterocycles. The van der Waals surface area contributed by atoms with Crippen LogP contribution in [0.4, 0.5) is 11.4 Å². The van der Waals surface area contributed by atoms with Crippen LogP contribution in [-0.4, -0.2) is 60.0 Å². The van der Waals surface area contributed by atoms with Crippen LogP contribution in [0.15, 0.2) is 54.6 Å². The second-order valence-corrected chi connectivity index (χ2v) is 7.66. The highest BCUT2D eigenvalue weighted by Crippen LogP contribution is 2.18. The number of carboxylic acids is 2. The Balaban J connectivity index is 2.16. The van der Waals surface area contributed by atoms with Gasteiger partial charge < -0.3 is 25.7 Å². The second-order valence-electron chi connectivity index (χ2n) is 7.30. The summed E-state index contributed by atoms with van der Waals surface area (Å²) in [4.78, 5) is 38.3. The van der Waals surface area contributed by atoms with Gasteiger partial charge in [-0.3, -0.25) is 4.79 Å². The molecular weight excluding hydrogens is 418 g/mol. The number of benzene rings is 2. The van der Waals surface area contributed by atoms with Crippen molar-refractivity contribution >= 4 is 41.8 Å². The second kappa shape index (κ2) is 11.3. The number of carbonyl (C=O) groups is 3. The van der Waals surface area contributed by atoms with Crippen molar-refractivity contribution in [3.63, 3.8) is 0 Å². The summed E-state index contributed by atoms with van der Waals surface area (Å²) in [7, 11) is 3.73. The lowest BCUT2D eigenvalue weighted by Gasteiger charge is -2.25. The number of carboxylic acid groups (broad SMARTS) is 2. The van der Waals surface area contributed by atoms with Crippen molar-refractivity contribution in [1.82, 2.24) is 5.32 Å². The summed E-state index contributed by atoms with van der Waals surface area (Å²) in [6.07, 6.45) is 0.361. The summed E-state index contributed by atoms with van der Waals surface area (Å²) in [6, 6.07) is 12.9. The first-order valence-electron chi connectivity index (χ1n) is 9.67. The Bertz CT molecular complexity index is 890. The zero-order chi connectivity index (χ0) is 23.0. The van der Waals surface area contributed by atoms with Gasteiger partial charge in [-0.25, -0.2) is 9.59 Å². The average Bonchev–Trinajstić information content (AvgIpc) is 2.74. The number of aliphatic carboxylic acids is 2. The lowest BCUT2D eigenvalue weighted by atomic mass is 9.99. The minimum atomic E-state index is -1.67. The lowest BCUT2D eigenvalue weighted by Crippen LogP contribution is -2.56. The molecule has 9 heteroatoms. The van der Waals surface area contributed by atoms with Gasteiger partial charge in [0.25, 0.3) is 0 Å². The molecule has 0 aliphatic heterocycles. The first-order valence-corrected chi connectivity index (χ1v) is 10.3. The van der Waals surface area contributed by atoms with E-state index in [0.717, 1.165) is 11.3 Å². The van der Waals surface area contributed by atoms with Crippen molar-refractivity contribution in [2.45, 2.75) is 18.5 Å². The van der Waals surface area contributed by atoms with Gasteiger partial charge in [0, 0.05) is 31.2 Å². The number of amides is 1. The third-order valence-corrected chi connectivity index (χ3v) is 5.23. The maximum atomic E-state index is 12.7. The number of rotatable bonds is 11. The van der Waals surface area contributed by atoms with Gasteiger partial charge in [0.1, 0.15) is 0 Å². The number of anilines is 2. The molecule has 0 fully saturated rings. The van der Waals surface area contributed by atoms with Gasteiger partial charge in [0.15, 0.2) is 12.1 Å². The predicted molar refractivity (Wildman–Crippen MR) is 123 cm³/mol. The van der Waals surface area contributed by atoms with E-state index >= 15 is 0 Å². The maximum absolute atomic E-state index is 12.7. The number of hydrogen-bond donors (Lipinski definition) is 5. The highest BCUT2D eigenvalue weighted by molar-refractivity contribution is 7.80. The van der Waals surface area contributed by atoms with Crippen molar-refractivity contribution in [2.75, 3.05) is 30.1 Å². The molecule has 0 radical (unpaired) electrons. The molecule has 4 N–H and O–H groups in total. The van der Waals surface area contributed by atoms with E-state index in [1.165, 1.54) is 0 Å². The predicted octanol–water partition coefficient (Wildman–Crippen LogP) is 1.98. The Morgan fingerprint density at radius 1 is 0.935 bits per heavy atom. The minimum absolute atomic E-state index is 0.185. The van der Waals surface area contributed by atoms with Gasteiger partial charge in [0.05, 0.1) is 5.92 Å². The van der Waals surface area contributed by atoms with Gasteiger partial charge in [-0.05, 0) is 36.2 Å². The molecule has 31 heavy (non-hydrogen) atoms. The van der Waals surface area contributed by atoms with E-state index in [0.29, 0.717) is 12.1 Å². The Labute approximate surface area is 186 Å². The smallest absolute Gasteiger partial charge is 0.329 e. The highest BCUT2D eigenvalue weighted by Gasteiger charge is 2.36. The molecule has 0 spiro atoms. The molecule has 0 heterocycles. The van der Waals surface area contributed by atoms with Crippen LogP contribution < -0.4 is 15.5 Å². The Kier molecular flexibility index (Phi) is 8.75. The topological polar surface area (TPSA) is 119 Å². The van der Waals surface area contributed by atoms with Crippen LogP contribution in [0.2, 0.25) is 0 Å². The van der Waals surface area contributed by atoms with Crippen LogP contribution >= 0.6 is 12.6 Å². The minimum Gasteiger partial charge on any atom is -0.480 e. The van der Waals surface area contributed by atoms with Crippen molar-refractivity contribution in [2.24, 2.45) is 5.92 Å². The van der Waals surface area contributed by atoms with Gasteiger partial charge in [-0.15, -0.1) is 0 Å². The third-order valence-electron chi connectivity index (χ3n) is 4.79. The Hall–Kier alpha value is -3.20. The zero-order valence-corrected chi connectivity index (χ0v) is 18.3. The number of carbonyl (C=O) groups excluding carboxylic acids is 1. The molecular formula is C22H27N3O5S. The first-order chi connectivity index (χ1) is 14.7. The van der Waals surface area contributed by atoms with Crippen LogP contribution in [-0.2, 0) is 20.8 Å². The van der Waals surface area contributed by atoms with E-state index < -0.39 is 35.8 Å². The summed E-state index contributed by atoms with van der Waals surface area (Å²) in [5, 5.41) is 24.4. The maximum Gasteiger partial charge on any atom is 0.329 e. The summed E-state index contributed by atoms with van der Waals surface area (Å²) >= 11 is 4.21. The van der Waals surface area contributed by atoms with E-state index in [4.69, 9.17) is 0 Å². The van der Waals surface area contributed by atoms with Crippen molar-refractivity contribution in [3.8, 4) is 0 Å². The van der Waals surface area contributed by atoms with E-state index in [2.05, 4.69) is 23.3 Å². The number of nitrogens with zero attached hydrogens (tertiary/aromatic N) is 1. The van der Waals surface area contributed by atoms with Gasteiger partial charge >= 0.3 is 11.9 Å². The van der Waals surface area contributed by atoms with Crippen molar-refractivity contribution < 1.29 is 24.6 Å². The molecule has 0 saturated carbocycles. The monoisotopic (exact) mass is 445 g/mol. The molecule has 0 bridgehead atoms. The van der Waals surface area contributed by atoms with E-state index in [1.807, 2.05) is 49.3 Å². The number of thiol groups is 1. The summed E-state index contributed by atoms with van der Waals surface area (Å²) in [6.45, 7) is 0. The summed E-state index contributed by atoms with van der Waals surface area (Å²) in [5.74, 6) is -3.83. The molecule has 0 saturated heterocycles. The molecule has 2 aromatic carbocycles. The Morgan fingerprint density at radius 2 is 1.52 bits per heavy atom. The number of hydrogen-bond acceptors (Lipinski definition) is 6. The zero-order valence-electron chi connectivity index (χ0n) is 17.4. The first kappa shape index (κ1) is 24.1. The summed E-state index contributed by atoms with van der Waals surface area (Å²) < 4.78 is 0. The quantitative estimate of drug-likeness (QED) is 0.336. The highest BCUT2D eigenvalue weighted by atomic mass is 32.1. The number of nitrogens with one attached hydrogen (secondary N) is 2. The largest absolute Gasteiger partial charge is 0.480 e. The lowest BCUT2D eigenvalue weighted by molar-refractivity contribution is -0.148.